The van der Waals surface area contributed by atoms with Crippen LogP contribution in [-0.4, -0.2) is 16.3 Å². The summed E-state index contributed by atoms with van der Waals surface area (Å²) in [6.07, 6.45) is 3.02. The molecule has 3 nitrogen and oxygen atoms in total. The van der Waals surface area contributed by atoms with Crippen molar-refractivity contribution < 1.29 is 4.39 Å². The van der Waals surface area contributed by atoms with Gasteiger partial charge in [-0.05, 0) is 25.3 Å². The number of hydrogen-bond acceptors (Lipinski definition) is 2. The molecule has 1 unspecified atom stereocenters. The Morgan fingerprint density at radius 2 is 2.10 bits per heavy atom. The summed E-state index contributed by atoms with van der Waals surface area (Å²) in [7, 11) is 0. The number of nitrogens with zero attached hydrogens (tertiary/aromatic N) is 2. The highest BCUT2D eigenvalue weighted by atomic mass is 19.1. The van der Waals surface area contributed by atoms with Crippen LogP contribution < -0.4 is 5.32 Å². The van der Waals surface area contributed by atoms with Gasteiger partial charge in [0.25, 0.3) is 0 Å². The molecule has 0 amide bonds. The van der Waals surface area contributed by atoms with E-state index in [2.05, 4.69) is 25.2 Å². The van der Waals surface area contributed by atoms with Gasteiger partial charge in [-0.2, -0.15) is 5.10 Å². The van der Waals surface area contributed by atoms with Crippen LogP contribution >= 0.6 is 0 Å². The van der Waals surface area contributed by atoms with E-state index in [0.29, 0.717) is 5.92 Å². The maximum atomic E-state index is 14.1. The molecule has 1 aromatic carbocycles. The second-order valence-corrected chi connectivity index (χ2v) is 5.67. The zero-order valence-electron chi connectivity index (χ0n) is 12.6. The number of nitrogens with one attached hydrogen (secondary N) is 1. The van der Waals surface area contributed by atoms with E-state index in [-0.39, 0.29) is 11.9 Å². The summed E-state index contributed by atoms with van der Waals surface area (Å²) >= 11 is 0. The Kier molecular flexibility index (Phi) is 3.95. The number of hydrogen-bond donors (Lipinski definition) is 1. The van der Waals surface area contributed by atoms with Crippen LogP contribution in [0.5, 0.6) is 0 Å². The average Bonchev–Trinajstić information content (AvgIpc) is 2.93. The largest absolute Gasteiger partial charge is 0.370 e. The zero-order valence-corrected chi connectivity index (χ0v) is 12.6. The smallest absolute Gasteiger partial charge is 0.128 e. The first kappa shape index (κ1) is 14.1. The number of aromatic nitrogens is 2. The fraction of sp³-hybridized carbons (Fsp3) is 0.471. The standard InChI is InChI=1S/C17H22FN3/c1-3-12(4-2)15-11-17-19-10-9-16(21(17)20-15)13-7-5-6-8-14(13)18/h5-8,11-12,16,19H,3-4,9-10H2,1-2H3. The van der Waals surface area contributed by atoms with Crippen molar-refractivity contribution in [2.75, 3.05) is 11.9 Å². The SMILES string of the molecule is CCC(CC)c1cc2n(n1)C(c1ccccc1F)CCN2. The van der Waals surface area contributed by atoms with Crippen LogP contribution in [0.2, 0.25) is 0 Å². The molecule has 2 heterocycles. The summed E-state index contributed by atoms with van der Waals surface area (Å²) in [5, 5.41) is 8.16. The number of benzene rings is 1. The molecule has 1 N–H and O–H groups in total. The summed E-state index contributed by atoms with van der Waals surface area (Å²) in [6, 6.07) is 9.15. The minimum atomic E-state index is -0.144. The van der Waals surface area contributed by atoms with Gasteiger partial charge in [0.05, 0.1) is 11.7 Å². The van der Waals surface area contributed by atoms with E-state index in [1.54, 1.807) is 6.07 Å². The Morgan fingerprint density at radius 1 is 1.33 bits per heavy atom. The summed E-state index contributed by atoms with van der Waals surface area (Å²) in [6.45, 7) is 5.23. The normalized spacial score (nSPS) is 17.6. The second-order valence-electron chi connectivity index (χ2n) is 5.67. The summed E-state index contributed by atoms with van der Waals surface area (Å²) in [5.41, 5.74) is 1.85. The first-order valence-corrected chi connectivity index (χ1v) is 7.82. The van der Waals surface area contributed by atoms with Gasteiger partial charge in [-0.15, -0.1) is 0 Å². The Hall–Kier alpha value is -1.84. The third kappa shape index (κ3) is 2.55. The zero-order chi connectivity index (χ0) is 14.8. The molecule has 0 aliphatic carbocycles. The van der Waals surface area contributed by atoms with Crippen molar-refractivity contribution in [1.29, 1.82) is 0 Å². The molecular weight excluding hydrogens is 265 g/mol. The molecule has 0 bridgehead atoms. The maximum Gasteiger partial charge on any atom is 0.128 e. The lowest BCUT2D eigenvalue weighted by atomic mass is 10.00. The molecule has 0 radical (unpaired) electrons. The Bertz CT molecular complexity index is 616. The van der Waals surface area contributed by atoms with Crippen molar-refractivity contribution in [2.24, 2.45) is 0 Å². The van der Waals surface area contributed by atoms with E-state index in [0.717, 1.165) is 42.9 Å². The molecule has 0 saturated heterocycles. The van der Waals surface area contributed by atoms with Crippen LogP contribution in [0, 0.1) is 5.82 Å². The third-order valence-corrected chi connectivity index (χ3v) is 4.44. The van der Waals surface area contributed by atoms with Gasteiger partial charge >= 0.3 is 0 Å². The predicted molar refractivity (Wildman–Crippen MR) is 83.2 cm³/mol. The van der Waals surface area contributed by atoms with Gasteiger partial charge in [0.15, 0.2) is 0 Å². The van der Waals surface area contributed by atoms with E-state index in [9.17, 15) is 4.39 Å². The van der Waals surface area contributed by atoms with Crippen LogP contribution in [0.25, 0.3) is 0 Å². The molecule has 3 rings (SSSR count). The summed E-state index contributed by atoms with van der Waals surface area (Å²) in [5.74, 6) is 1.34. The first-order chi connectivity index (χ1) is 10.2. The second kappa shape index (κ2) is 5.88. The van der Waals surface area contributed by atoms with Crippen LogP contribution in [0.15, 0.2) is 30.3 Å². The molecule has 0 spiro atoms. The molecule has 112 valence electrons. The van der Waals surface area contributed by atoms with Crippen molar-refractivity contribution in [3.63, 3.8) is 0 Å². The molecule has 1 aromatic heterocycles. The van der Waals surface area contributed by atoms with Gasteiger partial charge in [0.1, 0.15) is 11.6 Å². The molecular formula is C17H22FN3. The van der Waals surface area contributed by atoms with Gasteiger partial charge in [-0.25, -0.2) is 9.07 Å². The lowest BCUT2D eigenvalue weighted by molar-refractivity contribution is 0.451. The molecule has 1 aliphatic heterocycles. The molecule has 21 heavy (non-hydrogen) atoms. The number of rotatable bonds is 4. The highest BCUT2D eigenvalue weighted by Crippen LogP contribution is 2.33. The fourth-order valence-corrected chi connectivity index (χ4v) is 3.18. The monoisotopic (exact) mass is 287 g/mol. The van der Waals surface area contributed by atoms with Gasteiger partial charge in [0.2, 0.25) is 0 Å². The average molecular weight is 287 g/mol. The van der Waals surface area contributed by atoms with Crippen LogP contribution in [0.4, 0.5) is 10.2 Å². The van der Waals surface area contributed by atoms with Crippen molar-refractivity contribution in [2.45, 2.75) is 45.1 Å². The Labute approximate surface area is 125 Å². The Morgan fingerprint density at radius 3 is 2.81 bits per heavy atom. The quantitative estimate of drug-likeness (QED) is 0.907. The predicted octanol–water partition coefficient (Wildman–Crippen LogP) is 4.33. The maximum absolute atomic E-state index is 14.1. The van der Waals surface area contributed by atoms with Crippen molar-refractivity contribution >= 4 is 5.82 Å². The van der Waals surface area contributed by atoms with Crippen molar-refractivity contribution in [3.8, 4) is 0 Å². The van der Waals surface area contributed by atoms with Gasteiger partial charge in [0, 0.05) is 24.1 Å². The van der Waals surface area contributed by atoms with E-state index in [1.165, 1.54) is 6.07 Å². The van der Waals surface area contributed by atoms with E-state index < -0.39 is 0 Å². The number of fused-ring (bicyclic) bond motifs is 1. The molecule has 4 heteroatoms. The van der Waals surface area contributed by atoms with Gasteiger partial charge < -0.3 is 5.32 Å². The topological polar surface area (TPSA) is 29.9 Å². The summed E-state index contributed by atoms with van der Waals surface area (Å²) in [4.78, 5) is 0. The minimum absolute atomic E-state index is 0.00874. The lowest BCUT2D eigenvalue weighted by Gasteiger charge is -2.26. The fourth-order valence-electron chi connectivity index (χ4n) is 3.18. The first-order valence-electron chi connectivity index (χ1n) is 7.82. The van der Waals surface area contributed by atoms with Crippen LogP contribution in [0.1, 0.15) is 56.3 Å². The van der Waals surface area contributed by atoms with E-state index >= 15 is 0 Å². The van der Waals surface area contributed by atoms with Crippen molar-refractivity contribution in [3.05, 3.63) is 47.4 Å². The van der Waals surface area contributed by atoms with Crippen molar-refractivity contribution in [1.82, 2.24) is 9.78 Å². The molecule has 0 saturated carbocycles. The minimum Gasteiger partial charge on any atom is -0.370 e. The number of halogens is 1. The number of anilines is 1. The highest BCUT2D eigenvalue weighted by molar-refractivity contribution is 5.42. The van der Waals surface area contributed by atoms with Crippen LogP contribution in [0.3, 0.4) is 0 Å². The Balaban J connectivity index is 2.00. The van der Waals surface area contributed by atoms with Gasteiger partial charge in [-0.1, -0.05) is 32.0 Å². The third-order valence-electron chi connectivity index (χ3n) is 4.44. The molecule has 0 fully saturated rings. The van der Waals surface area contributed by atoms with E-state index in [1.807, 2.05) is 16.8 Å². The highest BCUT2D eigenvalue weighted by Gasteiger charge is 2.26. The molecule has 1 aliphatic rings. The lowest BCUT2D eigenvalue weighted by Crippen LogP contribution is -2.25. The summed E-state index contributed by atoms with van der Waals surface area (Å²) < 4.78 is 16.1. The van der Waals surface area contributed by atoms with Gasteiger partial charge in [-0.3, -0.25) is 0 Å². The molecule has 1 atom stereocenters. The van der Waals surface area contributed by atoms with E-state index in [4.69, 9.17) is 5.10 Å². The molecule has 2 aromatic rings. The van der Waals surface area contributed by atoms with Crippen LogP contribution in [-0.2, 0) is 0 Å².